The maximum atomic E-state index is 4.82. The van der Waals surface area contributed by atoms with Crippen LogP contribution in [0.2, 0.25) is 0 Å². The summed E-state index contributed by atoms with van der Waals surface area (Å²) >= 11 is 4.82. The van der Waals surface area contributed by atoms with E-state index in [2.05, 4.69) is 34.6 Å². The minimum Gasteiger partial charge on any atom is -0.173 e. The van der Waals surface area contributed by atoms with E-state index >= 15 is 0 Å². The lowest BCUT2D eigenvalue weighted by molar-refractivity contribution is 0.248. The Morgan fingerprint density at radius 3 is 2.15 bits per heavy atom. The summed E-state index contributed by atoms with van der Waals surface area (Å²) in [6.45, 7) is 11.8. The molecule has 0 aliphatic heterocycles. The fraction of sp³-hybridized carbons (Fsp3) is 1.00. The molecule has 3 unspecified atom stereocenters. The van der Waals surface area contributed by atoms with Crippen LogP contribution < -0.4 is 0 Å². The summed E-state index contributed by atoms with van der Waals surface area (Å²) < 4.78 is 0.243. The molecule has 0 heterocycles. The van der Waals surface area contributed by atoms with Crippen molar-refractivity contribution in [3.05, 3.63) is 0 Å². The number of hydrogen-bond acceptors (Lipinski definition) is 1. The van der Waals surface area contributed by atoms with Gasteiger partial charge in [0.05, 0.1) is 0 Å². The lowest BCUT2D eigenvalue weighted by Crippen LogP contribution is -2.29. The van der Waals surface area contributed by atoms with E-state index in [0.717, 1.165) is 11.8 Å². The summed E-state index contributed by atoms with van der Waals surface area (Å²) in [4.78, 5) is 0. The van der Waals surface area contributed by atoms with E-state index < -0.39 is 0 Å². The van der Waals surface area contributed by atoms with Gasteiger partial charge >= 0.3 is 0 Å². The number of thiol groups is 1. The molecule has 0 nitrogen and oxygen atoms in total. The highest BCUT2D eigenvalue weighted by atomic mass is 32.1. The van der Waals surface area contributed by atoms with Crippen LogP contribution in [0.15, 0.2) is 0 Å². The molecule has 1 aliphatic carbocycles. The van der Waals surface area contributed by atoms with Crippen molar-refractivity contribution in [2.45, 2.75) is 58.6 Å². The van der Waals surface area contributed by atoms with Gasteiger partial charge in [0, 0.05) is 4.75 Å². The molecule has 1 rings (SSSR count). The largest absolute Gasteiger partial charge is 0.173 e. The molecule has 0 aromatic heterocycles. The van der Waals surface area contributed by atoms with Crippen LogP contribution in [0, 0.1) is 17.3 Å². The van der Waals surface area contributed by atoms with Gasteiger partial charge in [0.25, 0.3) is 0 Å². The zero-order valence-electron chi connectivity index (χ0n) is 9.72. The molecule has 0 spiro atoms. The van der Waals surface area contributed by atoms with Crippen molar-refractivity contribution in [3.63, 3.8) is 0 Å². The van der Waals surface area contributed by atoms with Crippen LogP contribution in [0.25, 0.3) is 0 Å². The average Bonchev–Trinajstić information content (AvgIpc) is 2.03. The number of hydrogen-bond donors (Lipinski definition) is 1. The molecule has 0 amide bonds. The fourth-order valence-corrected chi connectivity index (χ4v) is 2.95. The van der Waals surface area contributed by atoms with Crippen molar-refractivity contribution in [1.82, 2.24) is 0 Å². The molecule has 0 aromatic rings. The van der Waals surface area contributed by atoms with Crippen LogP contribution in [-0.4, -0.2) is 4.75 Å². The molecular formula is C12H24S. The lowest BCUT2D eigenvalue weighted by atomic mass is 9.79. The topological polar surface area (TPSA) is 0 Å². The molecule has 3 atom stereocenters. The molecule has 0 saturated heterocycles. The highest BCUT2D eigenvalue weighted by Gasteiger charge is 2.38. The van der Waals surface area contributed by atoms with E-state index in [0.29, 0.717) is 5.41 Å². The summed E-state index contributed by atoms with van der Waals surface area (Å²) in [5.74, 6) is 1.54. The molecule has 1 fully saturated rings. The van der Waals surface area contributed by atoms with Gasteiger partial charge in [-0.3, -0.25) is 0 Å². The van der Waals surface area contributed by atoms with Gasteiger partial charge in [-0.2, -0.15) is 12.6 Å². The third kappa shape index (κ3) is 2.65. The highest BCUT2D eigenvalue weighted by molar-refractivity contribution is 7.81. The molecule has 0 bridgehead atoms. The Labute approximate surface area is 88.9 Å². The van der Waals surface area contributed by atoms with E-state index in [1.54, 1.807) is 0 Å². The second kappa shape index (κ2) is 3.49. The van der Waals surface area contributed by atoms with E-state index in [4.69, 9.17) is 12.6 Å². The van der Waals surface area contributed by atoms with E-state index in [1.807, 2.05) is 0 Å². The van der Waals surface area contributed by atoms with Crippen LogP contribution in [-0.2, 0) is 0 Å². The van der Waals surface area contributed by atoms with Crippen LogP contribution in [0.1, 0.15) is 53.9 Å². The molecule has 1 aliphatic rings. The second-order valence-corrected chi connectivity index (χ2v) is 7.01. The van der Waals surface area contributed by atoms with Crippen molar-refractivity contribution in [2.75, 3.05) is 0 Å². The standard InChI is InChI=1S/C12H24S/c1-9-8-11(3,4)6-7-12(5,13)10(9)2/h9-10,13H,6-8H2,1-5H3. The molecule has 13 heavy (non-hydrogen) atoms. The van der Waals surface area contributed by atoms with Gasteiger partial charge in [0.2, 0.25) is 0 Å². The van der Waals surface area contributed by atoms with Crippen molar-refractivity contribution >= 4 is 12.6 Å². The number of rotatable bonds is 0. The molecule has 0 N–H and O–H groups in total. The van der Waals surface area contributed by atoms with Gasteiger partial charge in [-0.1, -0.05) is 34.6 Å². The van der Waals surface area contributed by atoms with Crippen LogP contribution in [0.5, 0.6) is 0 Å². The maximum Gasteiger partial charge on any atom is 0.0130 e. The maximum absolute atomic E-state index is 4.82. The Hall–Kier alpha value is 0.350. The normalized spacial score (nSPS) is 45.7. The van der Waals surface area contributed by atoms with Crippen molar-refractivity contribution in [1.29, 1.82) is 0 Å². The fourth-order valence-electron chi connectivity index (χ4n) is 2.58. The Morgan fingerprint density at radius 2 is 1.62 bits per heavy atom. The van der Waals surface area contributed by atoms with Crippen LogP contribution in [0.4, 0.5) is 0 Å². The van der Waals surface area contributed by atoms with E-state index in [9.17, 15) is 0 Å². The average molecular weight is 200 g/mol. The van der Waals surface area contributed by atoms with Gasteiger partial charge in [0.1, 0.15) is 0 Å². The lowest BCUT2D eigenvalue weighted by Gasteiger charge is -2.32. The van der Waals surface area contributed by atoms with Gasteiger partial charge in [-0.25, -0.2) is 0 Å². The first kappa shape index (κ1) is 11.4. The second-order valence-electron chi connectivity index (χ2n) is 5.99. The zero-order chi connectivity index (χ0) is 10.3. The van der Waals surface area contributed by atoms with Gasteiger partial charge in [-0.05, 0) is 36.5 Å². The Morgan fingerprint density at radius 1 is 1.08 bits per heavy atom. The predicted octanol–water partition coefficient (Wildman–Crippen LogP) is 4.16. The first-order chi connectivity index (χ1) is 5.75. The first-order valence-corrected chi connectivity index (χ1v) is 5.92. The van der Waals surface area contributed by atoms with Crippen LogP contribution in [0.3, 0.4) is 0 Å². The third-order valence-electron chi connectivity index (χ3n) is 4.02. The summed E-state index contributed by atoms with van der Waals surface area (Å²) in [7, 11) is 0. The monoisotopic (exact) mass is 200 g/mol. The SMILES string of the molecule is CC1CC(C)(C)CCC(C)(S)C1C. The Bertz CT molecular complexity index is 182. The smallest absolute Gasteiger partial charge is 0.0130 e. The Kier molecular flexibility index (Phi) is 3.07. The molecular weight excluding hydrogens is 176 g/mol. The molecule has 0 radical (unpaired) electrons. The van der Waals surface area contributed by atoms with E-state index in [1.165, 1.54) is 19.3 Å². The summed E-state index contributed by atoms with van der Waals surface area (Å²) in [6.07, 6.45) is 3.93. The van der Waals surface area contributed by atoms with Gasteiger partial charge in [-0.15, -0.1) is 0 Å². The highest BCUT2D eigenvalue weighted by Crippen LogP contribution is 2.46. The van der Waals surface area contributed by atoms with Crippen molar-refractivity contribution in [3.8, 4) is 0 Å². The minimum absolute atomic E-state index is 0.243. The van der Waals surface area contributed by atoms with Crippen LogP contribution >= 0.6 is 12.6 Å². The predicted molar refractivity (Wildman–Crippen MR) is 63.4 cm³/mol. The zero-order valence-corrected chi connectivity index (χ0v) is 10.6. The molecule has 1 saturated carbocycles. The summed E-state index contributed by atoms with van der Waals surface area (Å²) in [6, 6.07) is 0. The minimum atomic E-state index is 0.243. The quantitative estimate of drug-likeness (QED) is 0.440. The van der Waals surface area contributed by atoms with Crippen molar-refractivity contribution in [2.24, 2.45) is 17.3 Å². The summed E-state index contributed by atoms with van der Waals surface area (Å²) in [5, 5.41) is 0. The van der Waals surface area contributed by atoms with Gasteiger partial charge < -0.3 is 0 Å². The molecule has 78 valence electrons. The Balaban J connectivity index is 2.80. The van der Waals surface area contributed by atoms with Gasteiger partial charge in [0.15, 0.2) is 0 Å². The van der Waals surface area contributed by atoms with Crippen molar-refractivity contribution < 1.29 is 0 Å². The molecule has 0 aromatic carbocycles. The molecule has 1 heteroatoms. The first-order valence-electron chi connectivity index (χ1n) is 5.47. The van der Waals surface area contributed by atoms with E-state index in [-0.39, 0.29) is 4.75 Å². The third-order valence-corrected chi connectivity index (χ3v) is 4.65. The summed E-state index contributed by atoms with van der Waals surface area (Å²) in [5.41, 5.74) is 0.522.